The molecule has 0 N–H and O–H groups in total. The van der Waals surface area contributed by atoms with Crippen molar-refractivity contribution in [1.82, 2.24) is 0 Å². The Labute approximate surface area is 179 Å². The SMILES string of the molecule is COCO[C@@H](/C=C/C(=O)OC)[C@@H](O[Si](C)(C)C(C)(C)C)/C(C)=C/C(C)=C\I. The molecule has 0 saturated heterocycles. The van der Waals surface area contributed by atoms with Crippen molar-refractivity contribution in [3.05, 3.63) is 33.5 Å². The summed E-state index contributed by atoms with van der Waals surface area (Å²) in [7, 11) is 0.823. The maximum absolute atomic E-state index is 11.6. The Morgan fingerprint density at radius 1 is 1.19 bits per heavy atom. The van der Waals surface area contributed by atoms with E-state index in [0.29, 0.717) is 0 Å². The second-order valence-electron chi connectivity index (χ2n) is 7.96. The van der Waals surface area contributed by atoms with Crippen molar-refractivity contribution in [3.63, 3.8) is 0 Å². The first-order chi connectivity index (χ1) is 12.4. The van der Waals surface area contributed by atoms with Crippen LogP contribution in [0.5, 0.6) is 0 Å². The van der Waals surface area contributed by atoms with Gasteiger partial charge in [0.2, 0.25) is 0 Å². The van der Waals surface area contributed by atoms with Crippen molar-refractivity contribution in [2.75, 3.05) is 21.0 Å². The van der Waals surface area contributed by atoms with Crippen LogP contribution in [0.3, 0.4) is 0 Å². The lowest BCUT2D eigenvalue weighted by molar-refractivity contribution is -0.135. The van der Waals surface area contributed by atoms with Crippen LogP contribution in [-0.2, 0) is 23.4 Å². The molecule has 0 aliphatic carbocycles. The number of ether oxygens (including phenoxy) is 3. The zero-order valence-electron chi connectivity index (χ0n) is 18.1. The van der Waals surface area contributed by atoms with E-state index < -0.39 is 20.4 Å². The fourth-order valence-electron chi connectivity index (χ4n) is 2.02. The van der Waals surface area contributed by atoms with Gasteiger partial charge in [0.15, 0.2) is 8.32 Å². The van der Waals surface area contributed by atoms with Crippen molar-refractivity contribution in [3.8, 4) is 0 Å². The van der Waals surface area contributed by atoms with Crippen LogP contribution in [0.2, 0.25) is 18.1 Å². The minimum Gasteiger partial charge on any atom is -0.466 e. The molecule has 5 nitrogen and oxygen atoms in total. The maximum Gasteiger partial charge on any atom is 0.330 e. The van der Waals surface area contributed by atoms with Crippen molar-refractivity contribution < 1.29 is 23.4 Å². The van der Waals surface area contributed by atoms with Gasteiger partial charge in [-0.1, -0.05) is 49.4 Å². The molecular formula is C20H35IO5Si. The molecule has 0 aromatic heterocycles. The number of allylic oxidation sites excluding steroid dienone is 2. The lowest BCUT2D eigenvalue weighted by atomic mass is 10.0. The van der Waals surface area contributed by atoms with Gasteiger partial charge in [-0.3, -0.25) is 0 Å². The van der Waals surface area contributed by atoms with Gasteiger partial charge in [0.1, 0.15) is 12.9 Å². The highest BCUT2D eigenvalue weighted by atomic mass is 127. The average molecular weight is 510 g/mol. The number of hydrogen-bond donors (Lipinski definition) is 0. The Hall–Kier alpha value is -0.483. The van der Waals surface area contributed by atoms with E-state index in [1.165, 1.54) is 13.2 Å². The first-order valence-corrected chi connectivity index (χ1v) is 13.0. The number of halogens is 1. The molecule has 156 valence electrons. The Balaban J connectivity index is 6.02. The summed E-state index contributed by atoms with van der Waals surface area (Å²) in [6, 6.07) is 0. The van der Waals surface area contributed by atoms with Gasteiger partial charge >= 0.3 is 5.97 Å². The van der Waals surface area contributed by atoms with Gasteiger partial charge in [0.25, 0.3) is 0 Å². The van der Waals surface area contributed by atoms with Crippen LogP contribution in [0.25, 0.3) is 0 Å². The summed E-state index contributed by atoms with van der Waals surface area (Å²) < 4.78 is 24.4. The van der Waals surface area contributed by atoms with E-state index in [0.717, 1.165) is 11.1 Å². The summed E-state index contributed by atoms with van der Waals surface area (Å²) in [4.78, 5) is 11.6. The van der Waals surface area contributed by atoms with Gasteiger partial charge in [0, 0.05) is 13.2 Å². The Bertz CT molecular complexity index is 561. The zero-order valence-corrected chi connectivity index (χ0v) is 21.2. The molecule has 0 bridgehead atoms. The van der Waals surface area contributed by atoms with Crippen molar-refractivity contribution in [1.29, 1.82) is 0 Å². The van der Waals surface area contributed by atoms with E-state index in [9.17, 15) is 4.79 Å². The van der Waals surface area contributed by atoms with Crippen LogP contribution in [0.1, 0.15) is 34.6 Å². The number of esters is 1. The standard InChI is InChI=1S/C20H35IO5Si/c1-15(13-21)12-16(2)19(26-27(8,9)20(3,4)5)17(25-14-23-6)10-11-18(22)24-7/h10-13,17,19H,14H2,1-9H3/b11-10+,15-13-,16-12+/t17-,19-/m0/s1. The Morgan fingerprint density at radius 3 is 2.22 bits per heavy atom. The van der Waals surface area contributed by atoms with Gasteiger partial charge < -0.3 is 18.6 Å². The quantitative estimate of drug-likeness (QED) is 0.0987. The van der Waals surface area contributed by atoms with Gasteiger partial charge in [0.05, 0.1) is 13.2 Å². The molecule has 0 aromatic carbocycles. The lowest BCUT2D eigenvalue weighted by Crippen LogP contribution is -2.47. The smallest absolute Gasteiger partial charge is 0.330 e. The Morgan fingerprint density at radius 2 is 1.78 bits per heavy atom. The molecule has 0 fully saturated rings. The van der Waals surface area contributed by atoms with E-state index in [1.807, 2.05) is 17.9 Å². The molecule has 7 heteroatoms. The van der Waals surface area contributed by atoms with E-state index in [2.05, 4.69) is 62.5 Å². The molecule has 0 rings (SSSR count). The van der Waals surface area contributed by atoms with Crippen molar-refractivity contribution in [2.24, 2.45) is 0 Å². The summed E-state index contributed by atoms with van der Waals surface area (Å²) in [6.45, 7) is 15.1. The minimum atomic E-state index is -2.09. The molecule has 0 aromatic rings. The molecule has 0 amide bonds. The normalized spacial score (nSPS) is 16.5. The van der Waals surface area contributed by atoms with E-state index >= 15 is 0 Å². The first-order valence-electron chi connectivity index (χ1n) is 8.89. The van der Waals surface area contributed by atoms with Crippen molar-refractivity contribution >= 4 is 36.9 Å². The third-order valence-electron chi connectivity index (χ3n) is 4.60. The van der Waals surface area contributed by atoms with Gasteiger partial charge in [-0.05, 0) is 53.3 Å². The topological polar surface area (TPSA) is 54.0 Å². The third kappa shape index (κ3) is 9.51. The van der Waals surface area contributed by atoms with E-state index in [1.54, 1.807) is 13.2 Å². The van der Waals surface area contributed by atoms with Crippen LogP contribution in [0, 0.1) is 0 Å². The van der Waals surface area contributed by atoms with Crippen LogP contribution >= 0.6 is 22.6 Å². The molecule has 0 unspecified atom stereocenters. The van der Waals surface area contributed by atoms with Gasteiger partial charge in [-0.15, -0.1) is 0 Å². The highest BCUT2D eigenvalue weighted by molar-refractivity contribution is 14.1. The highest BCUT2D eigenvalue weighted by Crippen LogP contribution is 2.39. The van der Waals surface area contributed by atoms with Crippen molar-refractivity contribution in [2.45, 2.75) is 65.0 Å². The highest BCUT2D eigenvalue weighted by Gasteiger charge is 2.41. The molecular weight excluding hydrogens is 475 g/mol. The summed E-state index contributed by atoms with van der Waals surface area (Å²) in [5, 5.41) is 0.0392. The molecule has 0 saturated carbocycles. The Kier molecular flexibility index (Phi) is 11.9. The second kappa shape index (κ2) is 12.2. The van der Waals surface area contributed by atoms with Gasteiger partial charge in [-0.2, -0.15) is 0 Å². The van der Waals surface area contributed by atoms with E-state index in [-0.39, 0.29) is 17.9 Å². The van der Waals surface area contributed by atoms with Crippen LogP contribution in [0.4, 0.5) is 0 Å². The molecule has 0 spiro atoms. The van der Waals surface area contributed by atoms with Crippen LogP contribution in [0.15, 0.2) is 33.5 Å². The fourth-order valence-corrected chi connectivity index (χ4v) is 3.51. The van der Waals surface area contributed by atoms with E-state index in [4.69, 9.17) is 18.6 Å². The predicted molar refractivity (Wildman–Crippen MR) is 122 cm³/mol. The lowest BCUT2D eigenvalue weighted by Gasteiger charge is -2.41. The third-order valence-corrected chi connectivity index (χ3v) is 10.0. The first kappa shape index (κ1) is 26.5. The summed E-state index contributed by atoms with van der Waals surface area (Å²) in [6.07, 6.45) is 4.32. The zero-order chi connectivity index (χ0) is 21.3. The fraction of sp³-hybridized carbons (Fsp3) is 0.650. The summed E-state index contributed by atoms with van der Waals surface area (Å²) >= 11 is 2.22. The monoisotopic (exact) mass is 510 g/mol. The molecule has 27 heavy (non-hydrogen) atoms. The second-order valence-corrected chi connectivity index (χ2v) is 13.3. The minimum absolute atomic E-state index is 0.0392. The molecule has 0 aliphatic rings. The molecule has 0 heterocycles. The summed E-state index contributed by atoms with van der Waals surface area (Å²) in [5.41, 5.74) is 2.15. The number of methoxy groups -OCH3 is 2. The maximum atomic E-state index is 11.6. The number of carbonyl (C=O) groups is 1. The largest absolute Gasteiger partial charge is 0.466 e. The number of hydrogen-bond acceptors (Lipinski definition) is 5. The number of carbonyl (C=O) groups excluding carboxylic acids is 1. The van der Waals surface area contributed by atoms with Crippen LogP contribution in [-0.4, -0.2) is 47.5 Å². The predicted octanol–water partition coefficient (Wildman–Crippen LogP) is 5.38. The van der Waals surface area contributed by atoms with Crippen LogP contribution < -0.4 is 0 Å². The molecule has 0 aliphatic heterocycles. The molecule has 2 atom stereocenters. The summed E-state index contributed by atoms with van der Waals surface area (Å²) in [5.74, 6) is -0.433. The van der Waals surface area contributed by atoms with Gasteiger partial charge in [-0.25, -0.2) is 4.79 Å². The average Bonchev–Trinajstić information content (AvgIpc) is 2.58. The number of rotatable bonds is 10. The molecule has 0 radical (unpaired) electrons.